The predicted molar refractivity (Wildman–Crippen MR) is 93.8 cm³/mol. The van der Waals surface area contributed by atoms with Crippen LogP contribution in [0.15, 0.2) is 0 Å². The Morgan fingerprint density at radius 1 is 0.762 bits per heavy atom. The third-order valence-corrected chi connectivity index (χ3v) is 6.17. The molecule has 124 valence electrons. The molecule has 1 heteroatoms. The summed E-state index contributed by atoms with van der Waals surface area (Å²) in [5.41, 5.74) is 0.802. The van der Waals surface area contributed by atoms with Gasteiger partial charge in [-0.1, -0.05) is 64.7 Å². The summed E-state index contributed by atoms with van der Waals surface area (Å²) >= 11 is 0. The molecule has 0 aromatic heterocycles. The van der Waals surface area contributed by atoms with Gasteiger partial charge in [0.1, 0.15) is 0 Å². The van der Waals surface area contributed by atoms with Crippen molar-refractivity contribution >= 4 is 0 Å². The summed E-state index contributed by atoms with van der Waals surface area (Å²) in [7, 11) is 0. The summed E-state index contributed by atoms with van der Waals surface area (Å²) in [4.78, 5) is 0. The molecule has 0 bridgehead atoms. The first-order chi connectivity index (χ1) is 10.3. The highest BCUT2D eigenvalue weighted by atomic mass is 14.9. The van der Waals surface area contributed by atoms with Gasteiger partial charge >= 0.3 is 0 Å². The molecule has 0 aliphatic heterocycles. The quantitative estimate of drug-likeness (QED) is 0.471. The molecule has 0 amide bonds. The lowest BCUT2D eigenvalue weighted by atomic mass is 9.71. The van der Waals surface area contributed by atoms with Gasteiger partial charge in [0, 0.05) is 6.04 Å². The van der Waals surface area contributed by atoms with Crippen LogP contribution in [0.4, 0.5) is 0 Å². The monoisotopic (exact) mass is 293 g/mol. The summed E-state index contributed by atoms with van der Waals surface area (Å²) in [6.45, 7) is 3.57. The highest BCUT2D eigenvalue weighted by molar-refractivity contribution is 4.91. The summed E-state index contributed by atoms with van der Waals surface area (Å²) in [5.74, 6) is 0. The lowest BCUT2D eigenvalue weighted by molar-refractivity contribution is 0.168. The Kier molecular flexibility index (Phi) is 8.14. The van der Waals surface area contributed by atoms with E-state index in [0.29, 0.717) is 0 Å². The van der Waals surface area contributed by atoms with Gasteiger partial charge in [-0.05, 0) is 56.9 Å². The van der Waals surface area contributed by atoms with Crippen LogP contribution in [-0.2, 0) is 0 Å². The minimum absolute atomic E-state index is 0.802. The zero-order valence-electron chi connectivity index (χ0n) is 14.6. The molecule has 0 atom stereocenters. The third kappa shape index (κ3) is 6.30. The smallest absolute Gasteiger partial charge is 0.00674 e. The largest absolute Gasteiger partial charge is 0.314 e. The predicted octanol–water partition coefficient (Wildman–Crippen LogP) is 6.22. The molecule has 1 spiro atoms. The highest BCUT2D eigenvalue weighted by Gasteiger charge is 2.37. The van der Waals surface area contributed by atoms with Crippen molar-refractivity contribution in [2.45, 2.75) is 116 Å². The molecule has 0 heterocycles. The van der Waals surface area contributed by atoms with E-state index in [4.69, 9.17) is 0 Å². The molecule has 0 unspecified atom stereocenters. The minimum atomic E-state index is 0.802. The number of nitrogens with one attached hydrogen (secondary N) is 1. The number of hydrogen-bond acceptors (Lipinski definition) is 1. The fraction of sp³-hybridized carbons (Fsp3) is 1.00. The second-order valence-corrected chi connectivity index (χ2v) is 7.91. The number of unbranched alkanes of at least 4 members (excludes halogenated alkanes) is 7. The SMILES string of the molecule is CCCCCCCCCCNC1CCC2(CCCC2)CC1. The van der Waals surface area contributed by atoms with Crippen LogP contribution in [-0.4, -0.2) is 12.6 Å². The van der Waals surface area contributed by atoms with Gasteiger partial charge in [-0.2, -0.15) is 0 Å². The lowest BCUT2D eigenvalue weighted by Gasteiger charge is -2.37. The van der Waals surface area contributed by atoms with Gasteiger partial charge in [-0.15, -0.1) is 0 Å². The van der Waals surface area contributed by atoms with Crippen LogP contribution >= 0.6 is 0 Å². The first-order valence-electron chi connectivity index (χ1n) is 10.1. The molecule has 2 fully saturated rings. The topological polar surface area (TPSA) is 12.0 Å². The molecule has 0 aromatic carbocycles. The molecule has 2 saturated carbocycles. The molecule has 0 saturated heterocycles. The molecule has 2 aliphatic rings. The van der Waals surface area contributed by atoms with E-state index in [1.807, 2.05) is 0 Å². The fourth-order valence-electron chi connectivity index (χ4n) is 4.62. The van der Waals surface area contributed by atoms with Crippen LogP contribution in [0.25, 0.3) is 0 Å². The first-order valence-corrected chi connectivity index (χ1v) is 10.1. The van der Waals surface area contributed by atoms with E-state index >= 15 is 0 Å². The molecule has 1 N–H and O–H groups in total. The van der Waals surface area contributed by atoms with Crippen molar-refractivity contribution < 1.29 is 0 Å². The van der Waals surface area contributed by atoms with Gasteiger partial charge in [0.15, 0.2) is 0 Å². The fourth-order valence-corrected chi connectivity index (χ4v) is 4.62. The Hall–Kier alpha value is -0.0400. The molecule has 2 aliphatic carbocycles. The standard InChI is InChI=1S/C20H39N/c1-2-3-4-5-6-7-8-11-18-21-19-12-16-20(17-13-19)14-9-10-15-20/h19,21H,2-18H2,1H3. The van der Waals surface area contributed by atoms with Crippen molar-refractivity contribution in [3.8, 4) is 0 Å². The normalized spacial score (nSPS) is 22.1. The van der Waals surface area contributed by atoms with Crippen LogP contribution in [0, 0.1) is 5.41 Å². The average Bonchev–Trinajstić information content (AvgIpc) is 2.96. The zero-order valence-corrected chi connectivity index (χ0v) is 14.6. The summed E-state index contributed by atoms with van der Waals surface area (Å²) in [5, 5.41) is 3.84. The second kappa shape index (κ2) is 9.87. The Labute approximate surface area is 133 Å². The van der Waals surface area contributed by atoms with E-state index in [1.165, 1.54) is 109 Å². The Bertz CT molecular complexity index is 245. The second-order valence-electron chi connectivity index (χ2n) is 7.91. The number of rotatable bonds is 10. The van der Waals surface area contributed by atoms with E-state index in [2.05, 4.69) is 12.2 Å². The summed E-state index contributed by atoms with van der Waals surface area (Å²) in [6.07, 6.45) is 23.5. The maximum absolute atomic E-state index is 3.84. The molecule has 0 radical (unpaired) electrons. The van der Waals surface area contributed by atoms with Crippen LogP contribution in [0.3, 0.4) is 0 Å². The van der Waals surface area contributed by atoms with E-state index in [0.717, 1.165) is 11.5 Å². The van der Waals surface area contributed by atoms with Gasteiger partial charge in [-0.25, -0.2) is 0 Å². The lowest BCUT2D eigenvalue weighted by Crippen LogP contribution is -2.37. The molecule has 1 nitrogen and oxygen atoms in total. The van der Waals surface area contributed by atoms with Gasteiger partial charge < -0.3 is 5.32 Å². The van der Waals surface area contributed by atoms with Crippen molar-refractivity contribution in [2.24, 2.45) is 5.41 Å². The maximum Gasteiger partial charge on any atom is 0.00674 e. The molecule has 0 aromatic rings. The minimum Gasteiger partial charge on any atom is -0.314 e. The van der Waals surface area contributed by atoms with Crippen molar-refractivity contribution in [3.05, 3.63) is 0 Å². The highest BCUT2D eigenvalue weighted by Crippen LogP contribution is 2.48. The first kappa shape index (κ1) is 17.3. The van der Waals surface area contributed by atoms with E-state index < -0.39 is 0 Å². The van der Waals surface area contributed by atoms with Gasteiger partial charge in [0.2, 0.25) is 0 Å². The van der Waals surface area contributed by atoms with E-state index in [9.17, 15) is 0 Å². The van der Waals surface area contributed by atoms with E-state index in [1.54, 1.807) is 0 Å². The van der Waals surface area contributed by atoms with Crippen LogP contribution < -0.4 is 5.32 Å². The molecular weight excluding hydrogens is 254 g/mol. The molecular formula is C20H39N. The van der Waals surface area contributed by atoms with Crippen molar-refractivity contribution in [2.75, 3.05) is 6.54 Å². The number of hydrogen-bond donors (Lipinski definition) is 1. The summed E-state index contributed by atoms with van der Waals surface area (Å²) in [6, 6.07) is 0.848. The van der Waals surface area contributed by atoms with Crippen LogP contribution in [0.5, 0.6) is 0 Å². The summed E-state index contributed by atoms with van der Waals surface area (Å²) < 4.78 is 0. The Balaban J connectivity index is 1.40. The maximum atomic E-state index is 3.84. The van der Waals surface area contributed by atoms with E-state index in [-0.39, 0.29) is 0 Å². The van der Waals surface area contributed by atoms with Crippen LogP contribution in [0.1, 0.15) is 110 Å². The van der Waals surface area contributed by atoms with Gasteiger partial charge in [0.05, 0.1) is 0 Å². The molecule has 21 heavy (non-hydrogen) atoms. The zero-order chi connectivity index (χ0) is 14.8. The average molecular weight is 294 g/mol. The Morgan fingerprint density at radius 3 is 1.95 bits per heavy atom. The van der Waals surface area contributed by atoms with Crippen molar-refractivity contribution in [1.29, 1.82) is 0 Å². The van der Waals surface area contributed by atoms with Crippen molar-refractivity contribution in [3.63, 3.8) is 0 Å². The van der Waals surface area contributed by atoms with Gasteiger partial charge in [0.25, 0.3) is 0 Å². The van der Waals surface area contributed by atoms with Crippen LogP contribution in [0.2, 0.25) is 0 Å². The third-order valence-electron chi connectivity index (χ3n) is 6.17. The van der Waals surface area contributed by atoms with Gasteiger partial charge in [-0.3, -0.25) is 0 Å². The Morgan fingerprint density at radius 2 is 1.33 bits per heavy atom. The molecule has 2 rings (SSSR count). The van der Waals surface area contributed by atoms with Crippen molar-refractivity contribution in [1.82, 2.24) is 5.32 Å².